The summed E-state index contributed by atoms with van der Waals surface area (Å²) in [6, 6.07) is 26.7. The van der Waals surface area contributed by atoms with Crippen molar-refractivity contribution in [3.05, 3.63) is 120 Å². The second-order valence-corrected chi connectivity index (χ2v) is 15.4. The van der Waals surface area contributed by atoms with Gasteiger partial charge in [0.1, 0.15) is 17.1 Å². The lowest BCUT2D eigenvalue weighted by Gasteiger charge is -2.35. The number of pyridine rings is 1. The number of carbonyl (C=O) groups is 3. The van der Waals surface area contributed by atoms with E-state index in [-0.39, 0.29) is 23.5 Å². The summed E-state index contributed by atoms with van der Waals surface area (Å²) in [5.74, 6) is -0.700. The van der Waals surface area contributed by atoms with E-state index in [1.165, 1.54) is 23.9 Å². The van der Waals surface area contributed by atoms with Crippen molar-refractivity contribution in [1.29, 1.82) is 0 Å². The van der Waals surface area contributed by atoms with Crippen LogP contribution in [0.25, 0.3) is 0 Å². The first-order valence-corrected chi connectivity index (χ1v) is 19.6. The molecule has 278 valence electrons. The summed E-state index contributed by atoms with van der Waals surface area (Å²) in [6.45, 7) is 3.91. The lowest BCUT2D eigenvalue weighted by atomic mass is 9.77. The number of halogens is 1. The number of nitrogens with zero attached hydrogens (tertiary/aromatic N) is 5. The number of carbonyl (C=O) groups excluding carboxylic acids is 3. The zero-order valence-corrected chi connectivity index (χ0v) is 30.8. The fraction of sp³-hybridized carbons (Fsp3) is 0.357. The summed E-state index contributed by atoms with van der Waals surface area (Å²) in [7, 11) is 0. The van der Waals surface area contributed by atoms with E-state index in [0.29, 0.717) is 56.4 Å². The Labute approximate surface area is 318 Å². The van der Waals surface area contributed by atoms with Crippen LogP contribution >= 0.6 is 11.8 Å². The van der Waals surface area contributed by atoms with E-state index in [1.807, 2.05) is 54.6 Å². The molecule has 1 aromatic heterocycles. The van der Waals surface area contributed by atoms with Gasteiger partial charge in [-0.25, -0.2) is 9.38 Å². The van der Waals surface area contributed by atoms with Crippen LogP contribution in [-0.4, -0.2) is 76.6 Å². The van der Waals surface area contributed by atoms with Gasteiger partial charge in [0.2, 0.25) is 17.7 Å². The van der Waals surface area contributed by atoms with Crippen LogP contribution in [0.1, 0.15) is 60.6 Å². The van der Waals surface area contributed by atoms with E-state index in [9.17, 15) is 18.8 Å². The largest absolute Gasteiger partial charge is 0.378 e. The molecule has 4 aromatic rings. The molecule has 12 heteroatoms. The summed E-state index contributed by atoms with van der Waals surface area (Å²) < 4.78 is 19.3. The first-order chi connectivity index (χ1) is 26.4. The van der Waals surface area contributed by atoms with Crippen molar-refractivity contribution in [3.63, 3.8) is 0 Å². The highest BCUT2D eigenvalue weighted by Gasteiger charge is 2.48. The third kappa shape index (κ3) is 7.37. The Morgan fingerprint density at radius 2 is 1.65 bits per heavy atom. The van der Waals surface area contributed by atoms with Crippen molar-refractivity contribution >= 4 is 51.7 Å². The van der Waals surface area contributed by atoms with E-state index < -0.39 is 16.7 Å². The number of aliphatic imine (C=N–C) groups is 1. The third-order valence-electron chi connectivity index (χ3n) is 11.0. The molecule has 8 rings (SSSR count). The van der Waals surface area contributed by atoms with Gasteiger partial charge in [0, 0.05) is 37.2 Å². The summed E-state index contributed by atoms with van der Waals surface area (Å²) in [6.07, 6.45) is 6.24. The SMILES string of the molecule is O=C(Nc1ccc(C2SC(=Nc3ccc(N4CCOCC4)cc3)N(Cc3ccccn3)C2=O)cc1)[C@H]1CCCN1C(=O)C1(c2ccc(F)cc2)CCCC1. The van der Waals surface area contributed by atoms with Gasteiger partial charge in [-0.05, 0) is 97.5 Å². The molecule has 2 atom stereocenters. The Bertz CT molecular complexity index is 2000. The first-order valence-electron chi connectivity index (χ1n) is 18.8. The number of thioether (sulfide) groups is 1. The number of nitrogens with one attached hydrogen (secondary N) is 1. The van der Waals surface area contributed by atoms with E-state index in [2.05, 4.69) is 27.3 Å². The van der Waals surface area contributed by atoms with E-state index in [1.54, 1.807) is 28.1 Å². The number of morpholine rings is 1. The Balaban J connectivity index is 0.971. The van der Waals surface area contributed by atoms with E-state index in [4.69, 9.17) is 9.73 Å². The Kier molecular flexibility index (Phi) is 10.5. The van der Waals surface area contributed by atoms with Crippen LogP contribution in [0.15, 0.2) is 102 Å². The summed E-state index contributed by atoms with van der Waals surface area (Å²) >= 11 is 1.40. The van der Waals surface area contributed by atoms with Crippen molar-refractivity contribution < 1.29 is 23.5 Å². The van der Waals surface area contributed by atoms with Gasteiger partial charge in [0.05, 0.1) is 36.6 Å². The molecule has 1 unspecified atom stereocenters. The number of rotatable bonds is 9. The van der Waals surface area contributed by atoms with E-state index >= 15 is 0 Å². The Morgan fingerprint density at radius 1 is 0.907 bits per heavy atom. The van der Waals surface area contributed by atoms with Crippen LogP contribution in [-0.2, 0) is 31.1 Å². The summed E-state index contributed by atoms with van der Waals surface area (Å²) in [5.41, 5.74) is 4.10. The smallest absolute Gasteiger partial charge is 0.247 e. The van der Waals surface area contributed by atoms with Gasteiger partial charge in [-0.15, -0.1) is 0 Å². The highest BCUT2D eigenvalue weighted by atomic mass is 32.2. The van der Waals surface area contributed by atoms with Crippen LogP contribution < -0.4 is 10.2 Å². The number of hydrogen-bond donors (Lipinski definition) is 1. The molecule has 1 N–H and O–H groups in total. The molecule has 4 aliphatic rings. The van der Waals surface area contributed by atoms with Gasteiger partial charge in [-0.2, -0.15) is 0 Å². The number of amides is 3. The Hall–Kier alpha value is -5.07. The molecule has 3 amide bonds. The van der Waals surface area contributed by atoms with E-state index in [0.717, 1.165) is 60.5 Å². The van der Waals surface area contributed by atoms with Crippen LogP contribution in [0, 0.1) is 5.82 Å². The van der Waals surface area contributed by atoms with Gasteiger partial charge in [0.25, 0.3) is 0 Å². The topological polar surface area (TPSA) is 107 Å². The molecular weight excluding hydrogens is 704 g/mol. The lowest BCUT2D eigenvalue weighted by Crippen LogP contribution is -2.51. The molecule has 0 bridgehead atoms. The molecule has 4 heterocycles. The molecule has 4 fully saturated rings. The number of anilines is 2. The van der Waals surface area contributed by atoms with Crippen LogP contribution in [0.2, 0.25) is 0 Å². The highest BCUT2D eigenvalue weighted by Crippen LogP contribution is 2.44. The number of likely N-dealkylation sites (tertiary alicyclic amines) is 1. The zero-order chi connectivity index (χ0) is 37.1. The molecule has 10 nitrogen and oxygen atoms in total. The molecular formula is C42H43FN6O4S. The number of aromatic nitrogens is 1. The predicted molar refractivity (Wildman–Crippen MR) is 208 cm³/mol. The fourth-order valence-electron chi connectivity index (χ4n) is 8.12. The highest BCUT2D eigenvalue weighted by molar-refractivity contribution is 8.15. The van der Waals surface area contributed by atoms with Gasteiger partial charge >= 0.3 is 0 Å². The monoisotopic (exact) mass is 746 g/mol. The fourth-order valence-corrected chi connectivity index (χ4v) is 9.29. The van der Waals surface area contributed by atoms with Gasteiger partial charge in [0.15, 0.2) is 5.17 Å². The van der Waals surface area contributed by atoms with Gasteiger partial charge in [-0.3, -0.25) is 24.3 Å². The molecule has 3 aliphatic heterocycles. The average Bonchev–Trinajstić information content (AvgIpc) is 3.98. The minimum atomic E-state index is -0.733. The standard InChI is InChI=1S/C42H43FN6O4S/c43-31-12-10-30(11-13-31)42(20-2-3-21-42)40(52)48-23-5-7-36(48)38(50)45-32-14-8-29(9-15-32)37-39(51)49(28-34-6-1-4-22-44-34)41(54-37)46-33-16-18-35(19-17-33)47-24-26-53-27-25-47/h1,4,6,8-19,22,36-37H,2-3,5,7,20-21,23-28H2,(H,45,50)/t36-,37?/m1/s1. The number of hydrogen-bond acceptors (Lipinski definition) is 8. The maximum Gasteiger partial charge on any atom is 0.247 e. The van der Waals surface area contributed by atoms with Crippen molar-refractivity contribution in [3.8, 4) is 0 Å². The molecule has 1 aliphatic carbocycles. The van der Waals surface area contributed by atoms with Crippen molar-refractivity contribution in [2.24, 2.45) is 4.99 Å². The van der Waals surface area contributed by atoms with Crippen molar-refractivity contribution in [2.45, 2.75) is 61.8 Å². The molecule has 3 saturated heterocycles. The minimum absolute atomic E-state index is 0.0443. The minimum Gasteiger partial charge on any atom is -0.378 e. The predicted octanol–water partition coefficient (Wildman–Crippen LogP) is 7.00. The number of amidine groups is 1. The van der Waals surface area contributed by atoms with Crippen LogP contribution in [0.5, 0.6) is 0 Å². The maximum atomic E-state index is 14.2. The second kappa shape index (κ2) is 15.7. The Morgan fingerprint density at radius 3 is 2.35 bits per heavy atom. The van der Waals surface area contributed by atoms with Gasteiger partial charge < -0.3 is 19.9 Å². The van der Waals surface area contributed by atoms with Crippen LogP contribution in [0.4, 0.5) is 21.5 Å². The molecule has 54 heavy (non-hydrogen) atoms. The molecule has 0 radical (unpaired) electrons. The van der Waals surface area contributed by atoms with Crippen molar-refractivity contribution in [1.82, 2.24) is 14.8 Å². The van der Waals surface area contributed by atoms with Crippen molar-refractivity contribution in [2.75, 3.05) is 43.1 Å². The van der Waals surface area contributed by atoms with Gasteiger partial charge in [-0.1, -0.05) is 54.9 Å². The second-order valence-electron chi connectivity index (χ2n) is 14.3. The molecule has 1 saturated carbocycles. The molecule has 3 aromatic carbocycles. The maximum absolute atomic E-state index is 14.2. The summed E-state index contributed by atoms with van der Waals surface area (Å²) in [5, 5.41) is 3.10. The summed E-state index contributed by atoms with van der Waals surface area (Å²) in [4.78, 5) is 57.0. The van der Waals surface area contributed by atoms with Crippen LogP contribution in [0.3, 0.4) is 0 Å². The normalized spacial score (nSPS) is 21.9. The number of ether oxygens (including phenoxy) is 1. The molecule has 0 spiro atoms. The number of benzene rings is 3. The first kappa shape index (κ1) is 35.9. The average molecular weight is 747 g/mol. The quantitative estimate of drug-likeness (QED) is 0.197. The third-order valence-corrected chi connectivity index (χ3v) is 12.2. The zero-order valence-electron chi connectivity index (χ0n) is 30.0. The lowest BCUT2D eigenvalue weighted by molar-refractivity contribution is -0.141.